The molecule has 1 unspecified atom stereocenters. The molecule has 0 spiro atoms. The first kappa shape index (κ1) is 13.2. The highest BCUT2D eigenvalue weighted by Gasteiger charge is 2.32. The molecule has 0 saturated heterocycles. The van der Waals surface area contributed by atoms with E-state index in [9.17, 15) is 14.7 Å². The van der Waals surface area contributed by atoms with Gasteiger partial charge in [-0.05, 0) is 19.9 Å². The molecule has 1 aromatic heterocycles. The van der Waals surface area contributed by atoms with Crippen molar-refractivity contribution >= 4 is 11.9 Å². The van der Waals surface area contributed by atoms with Crippen LogP contribution in [0.15, 0.2) is 10.5 Å². The number of hydrogen-bond acceptors (Lipinski definition) is 5. The molecule has 1 heterocycles. The van der Waals surface area contributed by atoms with E-state index >= 15 is 0 Å². The molecule has 0 amide bonds. The number of furan rings is 1. The summed E-state index contributed by atoms with van der Waals surface area (Å²) >= 11 is 0. The van der Waals surface area contributed by atoms with E-state index in [1.54, 1.807) is 6.92 Å². The Bertz CT molecular complexity index is 443. The number of ether oxygens (including phenoxy) is 1. The van der Waals surface area contributed by atoms with Crippen LogP contribution in [0.5, 0.6) is 0 Å². The summed E-state index contributed by atoms with van der Waals surface area (Å²) in [7, 11) is 1.24. The Morgan fingerprint density at radius 1 is 1.53 bits per heavy atom. The third-order valence-electron chi connectivity index (χ3n) is 2.35. The van der Waals surface area contributed by atoms with Gasteiger partial charge in [-0.15, -0.1) is 0 Å². The van der Waals surface area contributed by atoms with Crippen LogP contribution in [0.4, 0.5) is 0 Å². The van der Waals surface area contributed by atoms with Gasteiger partial charge in [0.25, 0.3) is 0 Å². The minimum absolute atomic E-state index is 0.218. The molecule has 0 aliphatic heterocycles. The van der Waals surface area contributed by atoms with Crippen molar-refractivity contribution in [3.63, 3.8) is 0 Å². The topological polar surface area (TPSA) is 97.0 Å². The number of carbonyl (C=O) groups is 2. The van der Waals surface area contributed by atoms with Crippen LogP contribution in [0.25, 0.3) is 0 Å². The molecular formula is C11H14O6. The molecule has 2 N–H and O–H groups in total. The fraction of sp³-hybridized carbons (Fsp3) is 0.455. The number of carboxylic acid groups (broad SMARTS) is 1. The molecule has 94 valence electrons. The summed E-state index contributed by atoms with van der Waals surface area (Å²) in [6.45, 7) is 2.72. The molecule has 1 rings (SSSR count). The van der Waals surface area contributed by atoms with Crippen LogP contribution in [-0.4, -0.2) is 34.9 Å². The third-order valence-corrected chi connectivity index (χ3v) is 2.35. The van der Waals surface area contributed by atoms with Crippen molar-refractivity contribution in [3.05, 3.63) is 23.2 Å². The average Bonchev–Trinajstić information content (AvgIpc) is 2.57. The second kappa shape index (κ2) is 4.58. The summed E-state index contributed by atoms with van der Waals surface area (Å²) in [5.41, 5.74) is -1.71. The normalized spacial score (nSPS) is 14.1. The minimum Gasteiger partial charge on any atom is -0.479 e. The Kier molecular flexibility index (Phi) is 3.57. The molecule has 0 aliphatic carbocycles. The lowest BCUT2D eigenvalue weighted by Crippen LogP contribution is -2.37. The maximum Gasteiger partial charge on any atom is 0.341 e. The highest BCUT2D eigenvalue weighted by atomic mass is 16.5. The smallest absolute Gasteiger partial charge is 0.341 e. The van der Waals surface area contributed by atoms with Gasteiger partial charge < -0.3 is 19.4 Å². The second-order valence-electron chi connectivity index (χ2n) is 3.93. The lowest BCUT2D eigenvalue weighted by Gasteiger charge is -2.15. The van der Waals surface area contributed by atoms with Crippen LogP contribution in [0.2, 0.25) is 0 Å². The number of methoxy groups -OCH3 is 1. The van der Waals surface area contributed by atoms with Crippen molar-refractivity contribution in [1.82, 2.24) is 0 Å². The van der Waals surface area contributed by atoms with E-state index in [1.165, 1.54) is 13.2 Å². The number of hydrogen-bond donors (Lipinski definition) is 2. The van der Waals surface area contributed by atoms with Gasteiger partial charge in [-0.25, -0.2) is 9.59 Å². The maximum atomic E-state index is 11.3. The number of aliphatic carboxylic acids is 1. The lowest BCUT2D eigenvalue weighted by atomic mass is 10.0. The lowest BCUT2D eigenvalue weighted by molar-refractivity contribution is -0.156. The van der Waals surface area contributed by atoms with Gasteiger partial charge in [-0.2, -0.15) is 0 Å². The molecular weight excluding hydrogens is 228 g/mol. The standard InChI is InChI=1S/C11H14O6/c1-6-8(9(12)16-3)4-7(17-6)5-11(2,15)10(13)14/h4,15H,5H2,1-3H3,(H,13,14). The molecule has 0 radical (unpaired) electrons. The van der Waals surface area contributed by atoms with Gasteiger partial charge in [0, 0.05) is 6.42 Å². The first-order valence-electron chi connectivity index (χ1n) is 4.91. The van der Waals surface area contributed by atoms with Crippen molar-refractivity contribution in [2.45, 2.75) is 25.9 Å². The summed E-state index contributed by atoms with van der Waals surface area (Å²) in [6.07, 6.45) is -0.222. The minimum atomic E-state index is -1.93. The second-order valence-corrected chi connectivity index (χ2v) is 3.93. The number of aliphatic hydroxyl groups is 1. The van der Waals surface area contributed by atoms with E-state index in [-0.39, 0.29) is 17.7 Å². The number of aryl methyl sites for hydroxylation is 1. The summed E-state index contributed by atoms with van der Waals surface area (Å²) < 4.78 is 9.73. The monoisotopic (exact) mass is 242 g/mol. The van der Waals surface area contributed by atoms with E-state index < -0.39 is 17.5 Å². The maximum absolute atomic E-state index is 11.3. The van der Waals surface area contributed by atoms with Gasteiger partial charge in [0.1, 0.15) is 17.1 Å². The number of esters is 1. The highest BCUT2D eigenvalue weighted by Crippen LogP contribution is 2.20. The Labute approximate surface area is 97.8 Å². The van der Waals surface area contributed by atoms with Crippen LogP contribution in [0, 0.1) is 6.92 Å². The van der Waals surface area contributed by atoms with Gasteiger partial charge in [-0.1, -0.05) is 0 Å². The van der Waals surface area contributed by atoms with Crippen molar-refractivity contribution in [3.8, 4) is 0 Å². The van der Waals surface area contributed by atoms with E-state index in [0.717, 1.165) is 6.92 Å². The SMILES string of the molecule is COC(=O)c1cc(CC(C)(O)C(=O)O)oc1C. The number of rotatable bonds is 4. The number of carbonyl (C=O) groups excluding carboxylic acids is 1. The van der Waals surface area contributed by atoms with Gasteiger partial charge in [0.2, 0.25) is 0 Å². The van der Waals surface area contributed by atoms with E-state index in [1.807, 2.05) is 0 Å². The van der Waals surface area contributed by atoms with Crippen molar-refractivity contribution in [2.24, 2.45) is 0 Å². The fourth-order valence-corrected chi connectivity index (χ4v) is 1.36. The molecule has 0 fully saturated rings. The third kappa shape index (κ3) is 2.85. The molecule has 0 saturated carbocycles. The van der Waals surface area contributed by atoms with Gasteiger partial charge >= 0.3 is 11.9 Å². The van der Waals surface area contributed by atoms with E-state index in [4.69, 9.17) is 9.52 Å². The van der Waals surface area contributed by atoms with Gasteiger partial charge in [0.15, 0.2) is 5.60 Å². The Balaban J connectivity index is 2.95. The first-order chi connectivity index (χ1) is 7.77. The molecule has 6 heteroatoms. The average molecular weight is 242 g/mol. The molecule has 1 atom stereocenters. The zero-order valence-corrected chi connectivity index (χ0v) is 9.81. The van der Waals surface area contributed by atoms with Crippen LogP contribution >= 0.6 is 0 Å². The Morgan fingerprint density at radius 3 is 2.59 bits per heavy atom. The van der Waals surface area contributed by atoms with E-state index in [2.05, 4.69) is 4.74 Å². The first-order valence-corrected chi connectivity index (χ1v) is 4.91. The predicted octanol–water partition coefficient (Wildman–Crippen LogP) is 0.753. The predicted molar refractivity (Wildman–Crippen MR) is 56.7 cm³/mol. The molecule has 6 nitrogen and oxygen atoms in total. The zero-order chi connectivity index (χ0) is 13.2. The Morgan fingerprint density at radius 2 is 2.12 bits per heavy atom. The molecule has 1 aromatic rings. The quantitative estimate of drug-likeness (QED) is 0.756. The molecule has 17 heavy (non-hydrogen) atoms. The summed E-state index contributed by atoms with van der Waals surface area (Å²) in [5.74, 6) is -1.37. The van der Waals surface area contributed by atoms with Crippen LogP contribution in [0.1, 0.15) is 28.8 Å². The molecule has 0 aromatic carbocycles. The Hall–Kier alpha value is -1.82. The number of carboxylic acids is 1. The summed E-state index contributed by atoms with van der Waals surface area (Å²) in [4.78, 5) is 22.0. The molecule has 0 aliphatic rings. The zero-order valence-electron chi connectivity index (χ0n) is 9.81. The van der Waals surface area contributed by atoms with Gasteiger partial charge in [-0.3, -0.25) is 0 Å². The van der Waals surface area contributed by atoms with E-state index in [0.29, 0.717) is 5.76 Å². The van der Waals surface area contributed by atoms with Crippen LogP contribution < -0.4 is 0 Å². The van der Waals surface area contributed by atoms with Crippen molar-refractivity contribution in [1.29, 1.82) is 0 Å². The van der Waals surface area contributed by atoms with Crippen molar-refractivity contribution < 1.29 is 29.0 Å². The summed E-state index contributed by atoms with van der Waals surface area (Å²) in [5, 5.41) is 18.3. The van der Waals surface area contributed by atoms with Gasteiger partial charge in [0.05, 0.1) is 7.11 Å². The highest BCUT2D eigenvalue weighted by molar-refractivity contribution is 5.90. The van der Waals surface area contributed by atoms with Crippen LogP contribution in [0.3, 0.4) is 0 Å². The molecule has 0 bridgehead atoms. The van der Waals surface area contributed by atoms with Crippen LogP contribution in [-0.2, 0) is 16.0 Å². The summed E-state index contributed by atoms with van der Waals surface area (Å²) in [6, 6.07) is 1.37. The largest absolute Gasteiger partial charge is 0.479 e. The van der Waals surface area contributed by atoms with Crippen molar-refractivity contribution in [2.75, 3.05) is 7.11 Å². The fourth-order valence-electron chi connectivity index (χ4n) is 1.36.